The van der Waals surface area contributed by atoms with E-state index in [1.54, 1.807) is 0 Å². The fourth-order valence-corrected chi connectivity index (χ4v) is 3.10. The number of anilines is 1. The van der Waals surface area contributed by atoms with Crippen LogP contribution in [-0.2, 0) is 4.79 Å². The smallest absolute Gasteiger partial charge is 0.224 e. The molecular weight excluding hydrogens is 278 g/mol. The maximum Gasteiger partial charge on any atom is 0.224 e. The summed E-state index contributed by atoms with van der Waals surface area (Å²) in [6.07, 6.45) is 5.67. The van der Waals surface area contributed by atoms with Gasteiger partial charge in [-0.05, 0) is 49.4 Å². The lowest BCUT2D eigenvalue weighted by atomic mass is 10.0. The van der Waals surface area contributed by atoms with Gasteiger partial charge in [0.2, 0.25) is 5.91 Å². The van der Waals surface area contributed by atoms with Gasteiger partial charge in [0.1, 0.15) is 0 Å². The molecule has 2 rings (SSSR count). The molecule has 0 atom stereocenters. The lowest BCUT2D eigenvalue weighted by Gasteiger charge is -2.10. The molecule has 0 radical (unpaired) electrons. The first-order valence-electron chi connectivity index (χ1n) is 6.20. The Hall–Kier alpha value is -0.830. The van der Waals surface area contributed by atoms with E-state index in [0.717, 1.165) is 15.7 Å². The Kier molecular flexibility index (Phi) is 4.21. The van der Waals surface area contributed by atoms with Gasteiger partial charge in [-0.25, -0.2) is 0 Å². The van der Waals surface area contributed by atoms with Crippen LogP contribution >= 0.6 is 15.9 Å². The van der Waals surface area contributed by atoms with Crippen molar-refractivity contribution < 1.29 is 4.79 Å². The number of carbonyl (C=O) groups excluding carboxylic acids is 1. The summed E-state index contributed by atoms with van der Waals surface area (Å²) in [5.74, 6) is 0.748. The molecule has 0 heterocycles. The first-order chi connectivity index (χ1) is 8.13. The van der Waals surface area contributed by atoms with Crippen molar-refractivity contribution in [2.24, 2.45) is 5.92 Å². The summed E-state index contributed by atoms with van der Waals surface area (Å²) in [7, 11) is 0. The zero-order chi connectivity index (χ0) is 12.3. The van der Waals surface area contributed by atoms with E-state index < -0.39 is 0 Å². The number of hydrogen-bond acceptors (Lipinski definition) is 1. The summed E-state index contributed by atoms with van der Waals surface area (Å²) in [4.78, 5) is 11.9. The van der Waals surface area contributed by atoms with Crippen molar-refractivity contribution in [1.29, 1.82) is 0 Å². The molecule has 1 aromatic rings. The van der Waals surface area contributed by atoms with E-state index in [1.807, 2.05) is 25.1 Å². The summed E-state index contributed by atoms with van der Waals surface area (Å²) in [5.41, 5.74) is 2.04. The van der Waals surface area contributed by atoms with E-state index in [1.165, 1.54) is 25.7 Å². The molecule has 0 aromatic heterocycles. The number of rotatable bonds is 3. The predicted octanol–water partition coefficient (Wildman–Crippen LogP) is 4.28. The van der Waals surface area contributed by atoms with Gasteiger partial charge in [0.25, 0.3) is 0 Å². The third kappa shape index (κ3) is 3.84. The third-order valence-electron chi connectivity index (χ3n) is 3.27. The number of aryl methyl sites for hydroxylation is 1. The fourth-order valence-electron chi connectivity index (χ4n) is 2.50. The quantitative estimate of drug-likeness (QED) is 0.886. The lowest BCUT2D eigenvalue weighted by Crippen LogP contribution is -2.15. The van der Waals surface area contributed by atoms with Gasteiger partial charge < -0.3 is 5.32 Å². The van der Waals surface area contributed by atoms with Crippen LogP contribution in [0.15, 0.2) is 22.7 Å². The van der Waals surface area contributed by atoms with Gasteiger partial charge >= 0.3 is 0 Å². The Balaban J connectivity index is 1.92. The van der Waals surface area contributed by atoms with Crippen LogP contribution in [0.3, 0.4) is 0 Å². The molecule has 0 aliphatic heterocycles. The van der Waals surface area contributed by atoms with Crippen molar-refractivity contribution in [2.75, 3.05) is 5.32 Å². The molecule has 2 nitrogen and oxygen atoms in total. The molecule has 0 saturated heterocycles. The molecule has 3 heteroatoms. The second kappa shape index (κ2) is 5.67. The third-order valence-corrected chi connectivity index (χ3v) is 3.73. The van der Waals surface area contributed by atoms with Gasteiger partial charge in [-0.1, -0.05) is 28.8 Å². The highest BCUT2D eigenvalue weighted by Crippen LogP contribution is 2.28. The molecule has 1 aromatic carbocycles. The van der Waals surface area contributed by atoms with Gasteiger partial charge in [0.05, 0.1) is 0 Å². The van der Waals surface area contributed by atoms with Crippen molar-refractivity contribution >= 4 is 27.5 Å². The molecule has 1 N–H and O–H groups in total. The number of benzene rings is 1. The Morgan fingerprint density at radius 1 is 1.35 bits per heavy atom. The van der Waals surface area contributed by atoms with Crippen LogP contribution in [0.2, 0.25) is 0 Å². The number of nitrogens with one attached hydrogen (secondary N) is 1. The van der Waals surface area contributed by atoms with Crippen molar-refractivity contribution in [1.82, 2.24) is 0 Å². The van der Waals surface area contributed by atoms with Crippen LogP contribution in [0.4, 0.5) is 5.69 Å². The van der Waals surface area contributed by atoms with Crippen LogP contribution in [0.5, 0.6) is 0 Å². The Labute approximate surface area is 111 Å². The maximum atomic E-state index is 11.9. The highest BCUT2D eigenvalue weighted by atomic mass is 79.9. The van der Waals surface area contributed by atoms with Crippen LogP contribution in [-0.4, -0.2) is 5.91 Å². The minimum atomic E-state index is 0.148. The zero-order valence-corrected chi connectivity index (χ0v) is 11.7. The fraction of sp³-hybridized carbons (Fsp3) is 0.500. The highest BCUT2D eigenvalue weighted by molar-refractivity contribution is 9.10. The van der Waals surface area contributed by atoms with Gasteiger partial charge in [-0.15, -0.1) is 0 Å². The number of amides is 1. The van der Waals surface area contributed by atoms with Crippen LogP contribution in [0.1, 0.15) is 37.7 Å². The van der Waals surface area contributed by atoms with Crippen molar-refractivity contribution in [3.05, 3.63) is 28.2 Å². The largest absolute Gasteiger partial charge is 0.326 e. The summed E-state index contributed by atoms with van der Waals surface area (Å²) in [6.45, 7) is 2.03. The Bertz CT molecular complexity index is 390. The SMILES string of the molecule is Cc1cc(Br)cc(NC(=O)CC2CCCC2)c1. The Morgan fingerprint density at radius 3 is 2.71 bits per heavy atom. The normalized spacial score (nSPS) is 16.1. The average Bonchev–Trinajstić information content (AvgIpc) is 2.67. The second-order valence-electron chi connectivity index (χ2n) is 4.92. The first kappa shape index (κ1) is 12.6. The molecular formula is C14H18BrNO. The minimum absolute atomic E-state index is 0.148. The molecule has 1 aliphatic rings. The molecule has 1 amide bonds. The second-order valence-corrected chi connectivity index (χ2v) is 5.84. The van der Waals surface area contributed by atoms with Crippen LogP contribution in [0, 0.1) is 12.8 Å². The summed E-state index contributed by atoms with van der Waals surface area (Å²) < 4.78 is 1.01. The van der Waals surface area contributed by atoms with E-state index in [2.05, 4.69) is 21.2 Å². The summed E-state index contributed by atoms with van der Waals surface area (Å²) in [5, 5.41) is 2.98. The lowest BCUT2D eigenvalue weighted by molar-refractivity contribution is -0.117. The number of hydrogen-bond donors (Lipinski definition) is 1. The van der Waals surface area contributed by atoms with E-state index in [0.29, 0.717) is 12.3 Å². The van der Waals surface area contributed by atoms with Crippen LogP contribution in [0.25, 0.3) is 0 Å². The van der Waals surface area contributed by atoms with E-state index in [-0.39, 0.29) is 5.91 Å². The molecule has 92 valence electrons. The molecule has 1 fully saturated rings. The first-order valence-corrected chi connectivity index (χ1v) is 7.00. The molecule has 0 bridgehead atoms. The van der Waals surface area contributed by atoms with Crippen molar-refractivity contribution in [2.45, 2.75) is 39.0 Å². The van der Waals surface area contributed by atoms with Crippen molar-refractivity contribution in [3.63, 3.8) is 0 Å². The highest BCUT2D eigenvalue weighted by Gasteiger charge is 2.18. The number of carbonyl (C=O) groups is 1. The molecule has 0 unspecified atom stereocenters. The minimum Gasteiger partial charge on any atom is -0.326 e. The van der Waals surface area contributed by atoms with E-state index >= 15 is 0 Å². The topological polar surface area (TPSA) is 29.1 Å². The van der Waals surface area contributed by atoms with Crippen LogP contribution < -0.4 is 5.32 Å². The molecule has 1 aliphatic carbocycles. The molecule has 1 saturated carbocycles. The van der Waals surface area contributed by atoms with E-state index in [4.69, 9.17) is 0 Å². The zero-order valence-electron chi connectivity index (χ0n) is 10.1. The van der Waals surface area contributed by atoms with Gasteiger partial charge in [0.15, 0.2) is 0 Å². The summed E-state index contributed by atoms with van der Waals surface area (Å²) >= 11 is 3.44. The molecule has 0 spiro atoms. The van der Waals surface area contributed by atoms with Crippen molar-refractivity contribution in [3.8, 4) is 0 Å². The standard InChI is InChI=1S/C14H18BrNO/c1-10-6-12(15)9-13(7-10)16-14(17)8-11-4-2-3-5-11/h6-7,9,11H,2-5,8H2,1H3,(H,16,17). The van der Waals surface area contributed by atoms with Gasteiger partial charge in [0, 0.05) is 16.6 Å². The Morgan fingerprint density at radius 2 is 2.06 bits per heavy atom. The van der Waals surface area contributed by atoms with Gasteiger partial charge in [-0.3, -0.25) is 4.79 Å². The monoisotopic (exact) mass is 295 g/mol. The van der Waals surface area contributed by atoms with E-state index in [9.17, 15) is 4.79 Å². The summed E-state index contributed by atoms with van der Waals surface area (Å²) in [6, 6.07) is 5.98. The predicted molar refractivity (Wildman–Crippen MR) is 74.1 cm³/mol. The molecule has 17 heavy (non-hydrogen) atoms. The maximum absolute atomic E-state index is 11.9. The average molecular weight is 296 g/mol. The number of halogens is 1. The van der Waals surface area contributed by atoms with Gasteiger partial charge in [-0.2, -0.15) is 0 Å².